The van der Waals surface area contributed by atoms with Crippen molar-refractivity contribution in [1.82, 2.24) is 0 Å². The van der Waals surface area contributed by atoms with Gasteiger partial charge in [-0.25, -0.2) is 0 Å². The van der Waals surface area contributed by atoms with Crippen molar-refractivity contribution in [3.05, 3.63) is 29.8 Å². The molecule has 0 saturated carbocycles. The van der Waals surface area contributed by atoms with Crippen molar-refractivity contribution in [2.75, 3.05) is 11.4 Å². The summed E-state index contributed by atoms with van der Waals surface area (Å²) >= 11 is 0. The molecule has 0 aliphatic carbocycles. The Morgan fingerprint density at radius 3 is 2.16 bits per heavy atom. The van der Waals surface area contributed by atoms with Gasteiger partial charge in [-0.15, -0.1) is 0 Å². The van der Waals surface area contributed by atoms with Gasteiger partial charge in [-0.05, 0) is 48.7 Å². The number of benzene rings is 1. The lowest BCUT2D eigenvalue weighted by molar-refractivity contribution is -0.145. The zero-order chi connectivity index (χ0) is 18.2. The first-order chi connectivity index (χ1) is 10.9. The molecule has 2 nitrogen and oxygen atoms in total. The third-order valence-corrected chi connectivity index (χ3v) is 9.78. The summed E-state index contributed by atoms with van der Waals surface area (Å²) in [6.07, 6.45) is -3.40. The lowest BCUT2D eigenvalue weighted by Crippen LogP contribution is -2.41. The van der Waals surface area contributed by atoms with Crippen LogP contribution in [0, 0.1) is 0 Å². The highest BCUT2D eigenvalue weighted by atomic mass is 32.1. The first-order valence-corrected chi connectivity index (χ1v) is 11.4. The van der Waals surface area contributed by atoms with E-state index in [0.717, 1.165) is 5.56 Å². The van der Waals surface area contributed by atoms with Crippen LogP contribution in [-0.2, 0) is 11.0 Å². The van der Waals surface area contributed by atoms with Gasteiger partial charge in [0.05, 0.1) is 6.61 Å². The molecule has 0 bridgehead atoms. The van der Waals surface area contributed by atoms with Gasteiger partial charge in [0.2, 0.25) is 0 Å². The molecule has 1 aliphatic rings. The molecule has 1 saturated heterocycles. The van der Waals surface area contributed by atoms with Crippen LogP contribution >= 0.6 is 13.5 Å². The van der Waals surface area contributed by atoms with E-state index in [2.05, 4.69) is 33.9 Å². The van der Waals surface area contributed by atoms with Gasteiger partial charge in [0, 0.05) is 12.2 Å². The highest BCUT2D eigenvalue weighted by Crippen LogP contribution is 2.38. The zero-order valence-electron chi connectivity index (χ0n) is 15.7. The molecule has 2 rings (SSSR count). The maximum Gasteiger partial charge on any atom is 0.408 e. The number of hydrogen-bond donors (Lipinski definition) is 0. The molecule has 0 spiro atoms. The van der Waals surface area contributed by atoms with Crippen molar-refractivity contribution in [3.8, 4) is 0 Å². The molecule has 0 radical (unpaired) electrons. The summed E-state index contributed by atoms with van der Waals surface area (Å²) < 4.78 is 45.4. The Morgan fingerprint density at radius 1 is 1.12 bits per heavy atom. The summed E-state index contributed by atoms with van der Waals surface area (Å²) in [5.41, 5.74) is 1.65. The lowest BCUT2D eigenvalue weighted by Gasteiger charge is -2.36. The van der Waals surface area contributed by atoms with Crippen molar-refractivity contribution < 1.29 is 17.6 Å². The first-order valence-electron chi connectivity index (χ1n) is 8.48. The van der Waals surface area contributed by atoms with Crippen LogP contribution in [-0.4, -0.2) is 27.1 Å². The van der Waals surface area contributed by atoms with E-state index < -0.39 is 20.5 Å². The van der Waals surface area contributed by atoms with E-state index in [1.807, 2.05) is 12.1 Å². The smallest absolute Gasteiger partial charge is 0.408 e. The Kier molecular flexibility index (Phi) is 7.09. The molecule has 144 valence electrons. The second kappa shape index (κ2) is 7.92. The van der Waals surface area contributed by atoms with Gasteiger partial charge < -0.3 is 9.33 Å². The molecule has 1 atom stereocenters. The first kappa shape index (κ1) is 22.4. The average molecular weight is 394 g/mol. The van der Waals surface area contributed by atoms with Crippen molar-refractivity contribution >= 4 is 27.5 Å². The third kappa shape index (κ3) is 5.40. The van der Waals surface area contributed by atoms with Gasteiger partial charge in [0.1, 0.15) is 6.04 Å². The van der Waals surface area contributed by atoms with E-state index in [9.17, 15) is 13.2 Å². The van der Waals surface area contributed by atoms with Gasteiger partial charge in [-0.1, -0.05) is 32.9 Å². The molecule has 0 unspecified atom stereocenters. The number of nitrogens with zero attached hydrogens (tertiary/aromatic N) is 1. The fourth-order valence-corrected chi connectivity index (χ4v) is 3.64. The fourth-order valence-electron chi connectivity index (χ4n) is 2.68. The third-order valence-electron chi connectivity index (χ3n) is 5.30. The summed E-state index contributed by atoms with van der Waals surface area (Å²) in [6.45, 7) is 11.9. The summed E-state index contributed by atoms with van der Waals surface area (Å²) in [6, 6.07) is 5.98. The Hall–Kier alpha value is -0.663. The number of alkyl halides is 3. The molecular formula is C18H30F3NOSSi. The Balaban J connectivity index is 0.00000312. The average Bonchev–Trinajstić information content (AvgIpc) is 2.94. The van der Waals surface area contributed by atoms with E-state index in [4.69, 9.17) is 4.43 Å². The van der Waals surface area contributed by atoms with E-state index >= 15 is 0 Å². The maximum absolute atomic E-state index is 13.1. The zero-order valence-corrected chi connectivity index (χ0v) is 17.7. The minimum absolute atomic E-state index is 0. The normalized spacial score (nSPS) is 19.0. The van der Waals surface area contributed by atoms with Crippen LogP contribution in [0.4, 0.5) is 18.9 Å². The molecule has 0 aromatic heterocycles. The molecule has 1 aromatic carbocycles. The Morgan fingerprint density at radius 2 is 1.68 bits per heavy atom. The van der Waals surface area contributed by atoms with Gasteiger partial charge in [-0.3, -0.25) is 0 Å². The minimum atomic E-state index is -4.17. The maximum atomic E-state index is 13.1. The van der Waals surface area contributed by atoms with Crippen LogP contribution in [0.15, 0.2) is 24.3 Å². The topological polar surface area (TPSA) is 12.5 Å². The number of hydrogen-bond acceptors (Lipinski definition) is 2. The highest BCUT2D eigenvalue weighted by Gasteiger charge is 2.46. The number of anilines is 1. The van der Waals surface area contributed by atoms with Crippen LogP contribution in [0.2, 0.25) is 18.1 Å². The van der Waals surface area contributed by atoms with Crippen LogP contribution in [0.3, 0.4) is 0 Å². The second-order valence-corrected chi connectivity index (χ2v) is 12.9. The summed E-state index contributed by atoms with van der Waals surface area (Å²) in [5.74, 6) is 0. The largest absolute Gasteiger partial charge is 0.413 e. The van der Waals surface area contributed by atoms with E-state index in [-0.39, 0.29) is 25.0 Å². The van der Waals surface area contributed by atoms with Crippen LogP contribution in [0.1, 0.15) is 39.2 Å². The van der Waals surface area contributed by atoms with Gasteiger partial charge >= 0.3 is 6.18 Å². The molecule has 1 aliphatic heterocycles. The summed E-state index contributed by atoms with van der Waals surface area (Å²) in [7, 11) is -1.82. The second-order valence-electron chi connectivity index (χ2n) is 8.11. The quantitative estimate of drug-likeness (QED) is 0.595. The molecule has 1 aromatic rings. The summed E-state index contributed by atoms with van der Waals surface area (Å²) in [4.78, 5) is 1.47. The van der Waals surface area contributed by atoms with Gasteiger partial charge in [0.15, 0.2) is 8.32 Å². The monoisotopic (exact) mass is 393 g/mol. The van der Waals surface area contributed by atoms with Crippen LogP contribution < -0.4 is 4.90 Å². The molecule has 25 heavy (non-hydrogen) atoms. The predicted octanol–water partition coefficient (Wildman–Crippen LogP) is 5.85. The fraction of sp³-hybridized carbons (Fsp3) is 0.667. The predicted molar refractivity (Wildman–Crippen MR) is 105 cm³/mol. The van der Waals surface area contributed by atoms with Gasteiger partial charge in [0.25, 0.3) is 0 Å². The Bertz CT molecular complexity index is 555. The molecule has 1 heterocycles. The standard InChI is InChI=1S/C18H28F3NOSi.H2S/c1-17(2,3)24(4,5)23-13-14-8-10-15(11-9-14)22-12-6-7-16(22)18(19,20)21;/h8-11,16H,6-7,12-13H2,1-5H3;1H2/t16-;/m0./s1. The van der Waals surface area contributed by atoms with E-state index in [1.165, 1.54) is 4.90 Å². The van der Waals surface area contributed by atoms with E-state index in [0.29, 0.717) is 25.3 Å². The minimum Gasteiger partial charge on any atom is -0.413 e. The van der Waals surface area contributed by atoms with Crippen LogP contribution in [0.5, 0.6) is 0 Å². The number of rotatable bonds is 4. The van der Waals surface area contributed by atoms with Crippen molar-refractivity contribution in [1.29, 1.82) is 0 Å². The van der Waals surface area contributed by atoms with Gasteiger partial charge in [-0.2, -0.15) is 26.7 Å². The number of halogens is 3. The van der Waals surface area contributed by atoms with Crippen molar-refractivity contribution in [3.63, 3.8) is 0 Å². The van der Waals surface area contributed by atoms with Crippen LogP contribution in [0.25, 0.3) is 0 Å². The lowest BCUT2D eigenvalue weighted by atomic mass is 10.1. The molecular weight excluding hydrogens is 363 g/mol. The SMILES string of the molecule is CC(C)(C)[Si](C)(C)OCc1ccc(N2CCC[C@H]2C(F)(F)F)cc1.S. The molecule has 1 fully saturated rings. The van der Waals surface area contributed by atoms with Crippen molar-refractivity contribution in [2.45, 2.75) is 70.6 Å². The Labute approximate surface area is 157 Å². The van der Waals surface area contributed by atoms with Crippen molar-refractivity contribution in [2.24, 2.45) is 0 Å². The van der Waals surface area contributed by atoms with E-state index in [1.54, 1.807) is 12.1 Å². The molecule has 0 N–H and O–H groups in total. The molecule has 0 amide bonds. The highest BCUT2D eigenvalue weighted by molar-refractivity contribution is 7.59. The summed E-state index contributed by atoms with van der Waals surface area (Å²) in [5, 5.41) is 0.141. The molecule has 7 heteroatoms.